The van der Waals surface area contributed by atoms with Gasteiger partial charge in [0.2, 0.25) is 0 Å². The number of hydrogen-bond acceptors (Lipinski definition) is 5. The first-order valence-electron chi connectivity index (χ1n) is 12.1. The van der Waals surface area contributed by atoms with E-state index >= 15 is 0 Å². The van der Waals surface area contributed by atoms with Crippen molar-refractivity contribution in [3.8, 4) is 23.3 Å². The predicted octanol–water partition coefficient (Wildman–Crippen LogP) is 6.71. The molecule has 0 saturated carbocycles. The highest BCUT2D eigenvalue weighted by atomic mass is 16.5. The van der Waals surface area contributed by atoms with Gasteiger partial charge < -0.3 is 19.5 Å². The number of nitrogens with one attached hydrogen (secondary N) is 1. The van der Waals surface area contributed by atoms with Gasteiger partial charge in [-0.1, -0.05) is 66.2 Å². The van der Waals surface area contributed by atoms with Crippen molar-refractivity contribution in [3.63, 3.8) is 0 Å². The molecule has 6 nitrogen and oxygen atoms in total. The van der Waals surface area contributed by atoms with Gasteiger partial charge in [-0.05, 0) is 66.1 Å². The van der Waals surface area contributed by atoms with Gasteiger partial charge in [0.1, 0.15) is 30.6 Å². The van der Waals surface area contributed by atoms with E-state index in [0.29, 0.717) is 41.7 Å². The van der Waals surface area contributed by atoms with Gasteiger partial charge in [-0.2, -0.15) is 5.26 Å². The monoisotopic (exact) mass is 504 g/mol. The van der Waals surface area contributed by atoms with Crippen LogP contribution < -0.4 is 19.5 Å². The summed E-state index contributed by atoms with van der Waals surface area (Å²) in [6, 6.07) is 32.2. The number of amides is 1. The first-order chi connectivity index (χ1) is 18.5. The van der Waals surface area contributed by atoms with Crippen molar-refractivity contribution in [2.45, 2.75) is 20.1 Å². The van der Waals surface area contributed by atoms with Crippen LogP contribution in [0, 0.1) is 18.3 Å². The first kappa shape index (κ1) is 26.1. The minimum atomic E-state index is -0.510. The Kier molecular flexibility index (Phi) is 8.77. The Balaban J connectivity index is 1.37. The van der Waals surface area contributed by atoms with Crippen molar-refractivity contribution in [2.75, 3.05) is 12.4 Å². The number of nitrogens with zero attached hydrogens (tertiary/aromatic N) is 1. The Hall–Kier alpha value is -5.02. The second-order valence-corrected chi connectivity index (χ2v) is 8.61. The topological polar surface area (TPSA) is 80.6 Å². The molecule has 0 fully saturated rings. The molecule has 0 aromatic heterocycles. The standard InChI is InChI=1S/C32H28N2O4/c1-23-8-10-25(11-9-23)21-37-29-15-13-28(14-16-29)34-32(35)27(20-33)18-26-12-17-30(31(19-26)36-2)38-22-24-6-4-3-5-7-24/h3-19H,21-22H2,1-2H3,(H,34,35)/b27-18+. The summed E-state index contributed by atoms with van der Waals surface area (Å²) in [4.78, 5) is 12.8. The van der Waals surface area contributed by atoms with Crippen LogP contribution in [-0.2, 0) is 18.0 Å². The molecule has 0 heterocycles. The minimum Gasteiger partial charge on any atom is -0.493 e. The molecule has 0 atom stereocenters. The Labute approximate surface area is 222 Å². The summed E-state index contributed by atoms with van der Waals surface area (Å²) >= 11 is 0. The molecule has 4 rings (SSSR count). The van der Waals surface area contributed by atoms with Gasteiger partial charge in [0.25, 0.3) is 5.91 Å². The molecule has 6 heteroatoms. The molecular formula is C32H28N2O4. The zero-order chi connectivity index (χ0) is 26.7. The molecule has 38 heavy (non-hydrogen) atoms. The van der Waals surface area contributed by atoms with E-state index in [2.05, 4.69) is 5.32 Å². The molecule has 0 bridgehead atoms. The molecule has 0 spiro atoms. The van der Waals surface area contributed by atoms with Gasteiger partial charge >= 0.3 is 0 Å². The zero-order valence-corrected chi connectivity index (χ0v) is 21.3. The van der Waals surface area contributed by atoms with E-state index < -0.39 is 5.91 Å². The molecule has 4 aromatic rings. The number of rotatable bonds is 10. The molecule has 0 aliphatic heterocycles. The highest BCUT2D eigenvalue weighted by Gasteiger charge is 2.12. The van der Waals surface area contributed by atoms with E-state index in [-0.39, 0.29) is 5.57 Å². The second-order valence-electron chi connectivity index (χ2n) is 8.61. The number of aryl methyl sites for hydroxylation is 1. The van der Waals surface area contributed by atoms with Crippen LogP contribution in [0.2, 0.25) is 0 Å². The van der Waals surface area contributed by atoms with E-state index in [1.165, 1.54) is 11.6 Å². The number of carbonyl (C=O) groups is 1. The zero-order valence-electron chi connectivity index (χ0n) is 21.3. The van der Waals surface area contributed by atoms with E-state index in [1.807, 2.05) is 67.6 Å². The molecular weight excluding hydrogens is 476 g/mol. The maximum atomic E-state index is 12.8. The van der Waals surface area contributed by atoms with Crippen LogP contribution in [0.1, 0.15) is 22.3 Å². The summed E-state index contributed by atoms with van der Waals surface area (Å²) < 4.78 is 17.2. The van der Waals surface area contributed by atoms with E-state index in [4.69, 9.17) is 14.2 Å². The molecule has 1 N–H and O–H groups in total. The van der Waals surface area contributed by atoms with Crippen molar-refractivity contribution >= 4 is 17.7 Å². The van der Waals surface area contributed by atoms with E-state index in [1.54, 1.807) is 49.6 Å². The van der Waals surface area contributed by atoms with Crippen LogP contribution >= 0.6 is 0 Å². The van der Waals surface area contributed by atoms with Crippen molar-refractivity contribution < 1.29 is 19.0 Å². The first-order valence-corrected chi connectivity index (χ1v) is 12.1. The average molecular weight is 505 g/mol. The summed E-state index contributed by atoms with van der Waals surface area (Å²) in [6.07, 6.45) is 1.51. The minimum absolute atomic E-state index is 0.0373. The molecule has 0 saturated heterocycles. The largest absolute Gasteiger partial charge is 0.493 e. The van der Waals surface area contributed by atoms with Gasteiger partial charge in [0.15, 0.2) is 11.5 Å². The second kappa shape index (κ2) is 12.8. The third kappa shape index (κ3) is 7.25. The van der Waals surface area contributed by atoms with Crippen LogP contribution in [0.5, 0.6) is 17.2 Å². The Bertz CT molecular complexity index is 1440. The fourth-order valence-electron chi connectivity index (χ4n) is 3.63. The lowest BCUT2D eigenvalue weighted by Gasteiger charge is -2.12. The molecule has 0 unspecified atom stereocenters. The lowest BCUT2D eigenvalue weighted by Crippen LogP contribution is -2.13. The normalized spacial score (nSPS) is 10.8. The van der Waals surface area contributed by atoms with Gasteiger partial charge in [0.05, 0.1) is 7.11 Å². The fraction of sp³-hybridized carbons (Fsp3) is 0.125. The molecule has 4 aromatic carbocycles. The highest BCUT2D eigenvalue weighted by Crippen LogP contribution is 2.30. The van der Waals surface area contributed by atoms with E-state index in [9.17, 15) is 10.1 Å². The van der Waals surface area contributed by atoms with Crippen LogP contribution in [0.25, 0.3) is 6.08 Å². The summed E-state index contributed by atoms with van der Waals surface area (Å²) in [6.45, 7) is 2.89. The highest BCUT2D eigenvalue weighted by molar-refractivity contribution is 6.09. The van der Waals surface area contributed by atoms with Gasteiger partial charge in [-0.3, -0.25) is 4.79 Å². The lowest BCUT2D eigenvalue weighted by atomic mass is 10.1. The van der Waals surface area contributed by atoms with Crippen LogP contribution in [-0.4, -0.2) is 13.0 Å². The van der Waals surface area contributed by atoms with Gasteiger partial charge in [-0.25, -0.2) is 0 Å². The Morgan fingerprint density at radius 1 is 0.842 bits per heavy atom. The number of methoxy groups -OCH3 is 1. The molecule has 0 radical (unpaired) electrons. The third-order valence-electron chi connectivity index (χ3n) is 5.74. The quantitative estimate of drug-likeness (QED) is 0.192. The molecule has 190 valence electrons. The number of carbonyl (C=O) groups excluding carboxylic acids is 1. The van der Waals surface area contributed by atoms with Crippen molar-refractivity contribution in [1.29, 1.82) is 5.26 Å². The Morgan fingerprint density at radius 2 is 1.53 bits per heavy atom. The summed E-state index contributed by atoms with van der Waals surface area (Å²) in [5.41, 5.74) is 4.46. The Morgan fingerprint density at radius 3 is 2.21 bits per heavy atom. The van der Waals surface area contributed by atoms with Crippen molar-refractivity contribution in [3.05, 3.63) is 125 Å². The van der Waals surface area contributed by atoms with Crippen molar-refractivity contribution in [2.24, 2.45) is 0 Å². The molecule has 1 amide bonds. The lowest BCUT2D eigenvalue weighted by molar-refractivity contribution is -0.112. The fourth-order valence-corrected chi connectivity index (χ4v) is 3.63. The third-order valence-corrected chi connectivity index (χ3v) is 5.74. The van der Waals surface area contributed by atoms with Crippen molar-refractivity contribution in [1.82, 2.24) is 0 Å². The summed E-state index contributed by atoms with van der Waals surface area (Å²) in [5, 5.41) is 12.4. The maximum Gasteiger partial charge on any atom is 0.266 e. The number of ether oxygens (including phenoxy) is 3. The smallest absolute Gasteiger partial charge is 0.266 e. The molecule has 0 aliphatic rings. The number of anilines is 1. The maximum absolute atomic E-state index is 12.8. The van der Waals surface area contributed by atoms with Crippen LogP contribution in [0.3, 0.4) is 0 Å². The van der Waals surface area contributed by atoms with E-state index in [0.717, 1.165) is 11.1 Å². The number of hydrogen-bond donors (Lipinski definition) is 1. The van der Waals surface area contributed by atoms with Gasteiger partial charge in [-0.15, -0.1) is 0 Å². The summed E-state index contributed by atoms with van der Waals surface area (Å²) in [7, 11) is 1.55. The van der Waals surface area contributed by atoms with Crippen LogP contribution in [0.4, 0.5) is 5.69 Å². The van der Waals surface area contributed by atoms with Gasteiger partial charge in [0, 0.05) is 5.69 Å². The summed E-state index contributed by atoms with van der Waals surface area (Å²) in [5.74, 6) is 1.25. The predicted molar refractivity (Wildman–Crippen MR) is 148 cm³/mol. The van der Waals surface area contributed by atoms with Crippen LogP contribution in [0.15, 0.2) is 103 Å². The SMILES string of the molecule is COc1cc(/C=C(\C#N)C(=O)Nc2ccc(OCc3ccc(C)cc3)cc2)ccc1OCc1ccccc1. The number of benzene rings is 4. The number of nitriles is 1. The average Bonchev–Trinajstić information content (AvgIpc) is 2.96. The molecule has 0 aliphatic carbocycles.